The molecule has 1 atom stereocenters. The monoisotopic (exact) mass is 236 g/mol. The smallest absolute Gasteiger partial charge is 0.306 e. The average molecular weight is 236 g/mol. The van der Waals surface area contributed by atoms with Gasteiger partial charge in [0, 0.05) is 5.92 Å². The minimum atomic E-state index is -2.42. The van der Waals surface area contributed by atoms with Crippen LogP contribution in [0.25, 0.3) is 0 Å². The Morgan fingerprint density at radius 2 is 1.88 bits per heavy atom. The van der Waals surface area contributed by atoms with Crippen LogP contribution in [-0.4, -0.2) is 19.0 Å². The summed E-state index contributed by atoms with van der Waals surface area (Å²) in [5.74, 6) is -1.35. The molecule has 0 heterocycles. The van der Waals surface area contributed by atoms with E-state index in [9.17, 15) is 13.6 Å². The number of halogens is 2. The van der Waals surface area contributed by atoms with Crippen molar-refractivity contribution in [3.8, 4) is 0 Å². The van der Waals surface area contributed by atoms with E-state index in [1.54, 1.807) is 6.92 Å². The van der Waals surface area contributed by atoms with Gasteiger partial charge in [-0.1, -0.05) is 32.6 Å². The largest absolute Gasteiger partial charge is 0.466 e. The summed E-state index contributed by atoms with van der Waals surface area (Å²) in [7, 11) is 0. The van der Waals surface area contributed by atoms with Crippen LogP contribution in [0.4, 0.5) is 8.78 Å². The summed E-state index contributed by atoms with van der Waals surface area (Å²) in [5.41, 5.74) is 0. The molecule has 0 rings (SSSR count). The number of esters is 1. The number of unbranched alkanes of at least 4 members (excludes halogenated alkanes) is 3. The molecule has 0 aliphatic heterocycles. The Morgan fingerprint density at radius 1 is 1.19 bits per heavy atom. The molecule has 0 aromatic heterocycles. The average Bonchev–Trinajstić information content (AvgIpc) is 2.22. The van der Waals surface area contributed by atoms with Gasteiger partial charge in [-0.15, -0.1) is 0 Å². The van der Waals surface area contributed by atoms with Crippen LogP contribution < -0.4 is 0 Å². The van der Waals surface area contributed by atoms with Crippen LogP contribution in [0.1, 0.15) is 52.4 Å². The maximum atomic E-state index is 12.6. The molecule has 0 aliphatic rings. The lowest BCUT2D eigenvalue weighted by Gasteiger charge is -2.14. The number of carbonyl (C=O) groups is 1. The van der Waals surface area contributed by atoms with E-state index in [1.165, 1.54) is 0 Å². The third-order valence-electron chi connectivity index (χ3n) is 2.52. The van der Waals surface area contributed by atoms with Crippen LogP contribution in [0.5, 0.6) is 0 Å². The molecule has 0 saturated carbocycles. The minimum absolute atomic E-state index is 0.155. The molecular weight excluding hydrogens is 214 g/mol. The summed E-state index contributed by atoms with van der Waals surface area (Å²) in [6.45, 7) is 4.00. The summed E-state index contributed by atoms with van der Waals surface area (Å²) in [4.78, 5) is 11.1. The first kappa shape index (κ1) is 15.3. The van der Waals surface area contributed by atoms with Crippen molar-refractivity contribution in [2.75, 3.05) is 6.61 Å². The van der Waals surface area contributed by atoms with E-state index < -0.39 is 18.3 Å². The van der Waals surface area contributed by atoms with E-state index >= 15 is 0 Å². The first-order valence-electron chi connectivity index (χ1n) is 6.05. The highest BCUT2D eigenvalue weighted by atomic mass is 19.3. The number of alkyl halides is 2. The van der Waals surface area contributed by atoms with Crippen LogP contribution in [-0.2, 0) is 9.53 Å². The maximum absolute atomic E-state index is 12.6. The first-order chi connectivity index (χ1) is 7.61. The molecule has 0 aliphatic carbocycles. The van der Waals surface area contributed by atoms with Crippen molar-refractivity contribution >= 4 is 5.97 Å². The Hall–Kier alpha value is -0.670. The van der Waals surface area contributed by atoms with E-state index in [4.69, 9.17) is 0 Å². The van der Waals surface area contributed by atoms with Gasteiger partial charge < -0.3 is 4.74 Å². The normalized spacial score (nSPS) is 12.8. The van der Waals surface area contributed by atoms with Gasteiger partial charge in [-0.3, -0.25) is 4.79 Å². The fraction of sp³-hybridized carbons (Fsp3) is 0.917. The maximum Gasteiger partial charge on any atom is 0.306 e. The van der Waals surface area contributed by atoms with Gasteiger partial charge in [-0.2, -0.15) is 0 Å². The molecule has 0 saturated heterocycles. The molecule has 0 aromatic rings. The third kappa shape index (κ3) is 7.60. The lowest BCUT2D eigenvalue weighted by molar-refractivity contribution is -0.145. The SMILES string of the molecule is CCCCCC[C@@H](CC(=O)OCC)C(F)F. The lowest BCUT2D eigenvalue weighted by Crippen LogP contribution is -2.18. The predicted molar refractivity (Wildman–Crippen MR) is 59.5 cm³/mol. The van der Waals surface area contributed by atoms with E-state index in [-0.39, 0.29) is 13.0 Å². The number of carbonyl (C=O) groups excluding carboxylic acids is 1. The van der Waals surface area contributed by atoms with Gasteiger partial charge in [0.05, 0.1) is 13.0 Å². The minimum Gasteiger partial charge on any atom is -0.466 e. The fourth-order valence-electron chi connectivity index (χ4n) is 1.58. The Bertz CT molecular complexity index is 184. The Labute approximate surface area is 96.4 Å². The summed E-state index contributed by atoms with van der Waals surface area (Å²) in [6, 6.07) is 0. The topological polar surface area (TPSA) is 26.3 Å². The van der Waals surface area contributed by atoms with Crippen LogP contribution in [0.3, 0.4) is 0 Å². The van der Waals surface area contributed by atoms with Gasteiger partial charge >= 0.3 is 5.97 Å². The summed E-state index contributed by atoms with van der Waals surface area (Å²) < 4.78 is 29.9. The van der Waals surface area contributed by atoms with Gasteiger partial charge in [0.2, 0.25) is 6.43 Å². The van der Waals surface area contributed by atoms with Crippen molar-refractivity contribution < 1.29 is 18.3 Å². The van der Waals surface area contributed by atoms with Gasteiger partial charge in [0.15, 0.2) is 0 Å². The molecular formula is C12H22F2O2. The number of hydrogen-bond donors (Lipinski definition) is 0. The molecule has 0 N–H and O–H groups in total. The highest BCUT2D eigenvalue weighted by Gasteiger charge is 2.23. The third-order valence-corrected chi connectivity index (χ3v) is 2.52. The lowest BCUT2D eigenvalue weighted by atomic mass is 9.98. The molecule has 0 amide bonds. The second-order valence-corrected chi connectivity index (χ2v) is 3.95. The fourth-order valence-corrected chi connectivity index (χ4v) is 1.58. The Balaban J connectivity index is 3.83. The second-order valence-electron chi connectivity index (χ2n) is 3.95. The predicted octanol–water partition coefficient (Wildman–Crippen LogP) is 3.79. The van der Waals surface area contributed by atoms with Crippen LogP contribution >= 0.6 is 0 Å². The van der Waals surface area contributed by atoms with Gasteiger partial charge in [-0.05, 0) is 13.3 Å². The zero-order valence-electron chi connectivity index (χ0n) is 10.2. The van der Waals surface area contributed by atoms with E-state index in [0.29, 0.717) is 6.42 Å². The highest BCUT2D eigenvalue weighted by molar-refractivity contribution is 5.69. The van der Waals surface area contributed by atoms with Crippen molar-refractivity contribution in [3.05, 3.63) is 0 Å². The molecule has 0 aromatic carbocycles. The first-order valence-corrected chi connectivity index (χ1v) is 6.05. The van der Waals surface area contributed by atoms with E-state index in [0.717, 1.165) is 25.7 Å². The highest BCUT2D eigenvalue weighted by Crippen LogP contribution is 2.22. The molecule has 0 fully saturated rings. The quantitative estimate of drug-likeness (QED) is 0.449. The number of rotatable bonds is 9. The van der Waals surface area contributed by atoms with Gasteiger partial charge in [-0.25, -0.2) is 8.78 Å². The molecule has 0 bridgehead atoms. The summed E-state index contributed by atoms with van der Waals surface area (Å²) >= 11 is 0. The molecule has 0 unspecified atom stereocenters. The molecule has 16 heavy (non-hydrogen) atoms. The van der Waals surface area contributed by atoms with Gasteiger partial charge in [0.1, 0.15) is 0 Å². The van der Waals surface area contributed by atoms with Crippen molar-refractivity contribution in [1.29, 1.82) is 0 Å². The van der Waals surface area contributed by atoms with Crippen molar-refractivity contribution in [3.63, 3.8) is 0 Å². The number of ether oxygens (including phenoxy) is 1. The van der Waals surface area contributed by atoms with Crippen molar-refractivity contribution in [1.82, 2.24) is 0 Å². The van der Waals surface area contributed by atoms with Crippen molar-refractivity contribution in [2.45, 2.75) is 58.8 Å². The van der Waals surface area contributed by atoms with Gasteiger partial charge in [0.25, 0.3) is 0 Å². The molecule has 2 nitrogen and oxygen atoms in total. The number of hydrogen-bond acceptors (Lipinski definition) is 2. The van der Waals surface area contributed by atoms with Crippen LogP contribution in [0.15, 0.2) is 0 Å². The van der Waals surface area contributed by atoms with E-state index in [1.807, 2.05) is 0 Å². The van der Waals surface area contributed by atoms with Crippen LogP contribution in [0.2, 0.25) is 0 Å². The standard InChI is InChI=1S/C12H22F2O2/c1-3-5-6-7-8-10(12(13)14)9-11(15)16-4-2/h10,12H,3-9H2,1-2H3/t10-/m0/s1. The second kappa shape index (κ2) is 9.55. The van der Waals surface area contributed by atoms with E-state index in [2.05, 4.69) is 11.7 Å². The Morgan fingerprint density at radius 3 is 2.38 bits per heavy atom. The van der Waals surface area contributed by atoms with Crippen molar-refractivity contribution in [2.24, 2.45) is 5.92 Å². The molecule has 0 spiro atoms. The zero-order chi connectivity index (χ0) is 12.4. The van der Waals surface area contributed by atoms with Crippen LogP contribution in [0, 0.1) is 5.92 Å². The Kier molecular flexibility index (Phi) is 9.15. The zero-order valence-corrected chi connectivity index (χ0v) is 10.2. The molecule has 96 valence electrons. The molecule has 4 heteroatoms. The summed E-state index contributed by atoms with van der Waals surface area (Å²) in [5, 5.41) is 0. The summed E-state index contributed by atoms with van der Waals surface area (Å²) in [6.07, 6.45) is 1.71. The molecule has 0 radical (unpaired) electrons.